The van der Waals surface area contributed by atoms with E-state index in [0.717, 1.165) is 26.3 Å². The molecule has 5 nitrogen and oxygen atoms in total. The van der Waals surface area contributed by atoms with E-state index in [0.29, 0.717) is 13.6 Å². The van der Waals surface area contributed by atoms with E-state index in [2.05, 4.69) is 6.92 Å². The van der Waals surface area contributed by atoms with Crippen LogP contribution in [0.25, 0.3) is 0 Å². The smallest absolute Gasteiger partial charge is 0.146 e. The Morgan fingerprint density at radius 3 is 1.79 bits per heavy atom. The summed E-state index contributed by atoms with van der Waals surface area (Å²) in [4.78, 5) is 1.53. The zero-order valence-corrected chi connectivity index (χ0v) is 12.9. The Morgan fingerprint density at radius 1 is 0.737 bits per heavy atom. The predicted octanol–water partition coefficient (Wildman–Crippen LogP) is 0.693. The van der Waals surface area contributed by atoms with Crippen LogP contribution >= 0.6 is 0 Å². The maximum atomic E-state index is 5.36. The molecule has 1 N–H and O–H groups in total. The Morgan fingerprint density at radius 2 is 1.32 bits per heavy atom. The molecule has 0 saturated carbocycles. The van der Waals surface area contributed by atoms with E-state index in [1.807, 2.05) is 0 Å². The predicted molar refractivity (Wildman–Crippen MR) is 75.4 cm³/mol. The fourth-order valence-electron chi connectivity index (χ4n) is 1.89. The van der Waals surface area contributed by atoms with Crippen molar-refractivity contribution in [2.75, 3.05) is 60.7 Å². The van der Waals surface area contributed by atoms with Crippen LogP contribution in [0.3, 0.4) is 0 Å². The lowest BCUT2D eigenvalue weighted by Gasteiger charge is -2.19. The average molecular weight is 278 g/mol. The minimum atomic E-state index is 0.378. The molecule has 0 aliphatic carbocycles. The third kappa shape index (κ3) is 14.0. The lowest BCUT2D eigenvalue weighted by molar-refractivity contribution is -0.901. The summed E-state index contributed by atoms with van der Waals surface area (Å²) in [6.07, 6.45) is 5.20. The van der Waals surface area contributed by atoms with Gasteiger partial charge in [-0.3, -0.25) is 0 Å². The van der Waals surface area contributed by atoms with Crippen molar-refractivity contribution in [3.63, 3.8) is 0 Å². The van der Waals surface area contributed by atoms with Gasteiger partial charge in [-0.25, -0.2) is 0 Å². The second kappa shape index (κ2) is 15.9. The molecule has 0 spiro atoms. The minimum Gasteiger partial charge on any atom is -0.359 e. The Hall–Kier alpha value is -0.200. The quantitative estimate of drug-likeness (QED) is 0.353. The van der Waals surface area contributed by atoms with Crippen molar-refractivity contribution in [2.24, 2.45) is 0 Å². The van der Waals surface area contributed by atoms with E-state index in [1.54, 1.807) is 14.2 Å². The first kappa shape index (κ1) is 18.8. The maximum absolute atomic E-state index is 5.36. The molecule has 0 fully saturated rings. The van der Waals surface area contributed by atoms with Crippen LogP contribution in [0.1, 0.15) is 32.6 Å². The number of ether oxygens (including phenoxy) is 4. The van der Waals surface area contributed by atoms with Crippen molar-refractivity contribution in [1.29, 1.82) is 0 Å². The van der Waals surface area contributed by atoms with Crippen molar-refractivity contribution in [3.8, 4) is 0 Å². The lowest BCUT2D eigenvalue weighted by atomic mass is 10.2. The highest BCUT2D eigenvalue weighted by Crippen LogP contribution is 1.95. The summed E-state index contributed by atoms with van der Waals surface area (Å²) in [5, 5.41) is 0. The summed E-state index contributed by atoms with van der Waals surface area (Å²) in [7, 11) is 3.29. The SMILES string of the molecule is CCCCCC[NH+](CCOCOC)CCOCOC. The zero-order valence-electron chi connectivity index (χ0n) is 12.9. The molecular weight excluding hydrogens is 246 g/mol. The van der Waals surface area contributed by atoms with E-state index in [9.17, 15) is 0 Å². The number of methoxy groups -OCH3 is 2. The van der Waals surface area contributed by atoms with Gasteiger partial charge < -0.3 is 23.8 Å². The number of unbranched alkanes of at least 4 members (excludes halogenated alkanes) is 3. The summed E-state index contributed by atoms with van der Waals surface area (Å²) in [5.41, 5.74) is 0. The monoisotopic (exact) mass is 278 g/mol. The van der Waals surface area contributed by atoms with Gasteiger partial charge in [-0.1, -0.05) is 19.8 Å². The first-order chi connectivity index (χ1) is 9.35. The minimum absolute atomic E-state index is 0.378. The Kier molecular flexibility index (Phi) is 15.7. The molecule has 19 heavy (non-hydrogen) atoms. The highest BCUT2D eigenvalue weighted by Gasteiger charge is 2.08. The van der Waals surface area contributed by atoms with Gasteiger partial charge in [0.15, 0.2) is 0 Å². The van der Waals surface area contributed by atoms with Gasteiger partial charge in [0.25, 0.3) is 0 Å². The van der Waals surface area contributed by atoms with Crippen molar-refractivity contribution in [2.45, 2.75) is 32.6 Å². The molecule has 0 saturated heterocycles. The van der Waals surface area contributed by atoms with E-state index in [1.165, 1.54) is 37.1 Å². The zero-order chi connectivity index (χ0) is 14.2. The summed E-state index contributed by atoms with van der Waals surface area (Å²) in [5.74, 6) is 0. The summed E-state index contributed by atoms with van der Waals surface area (Å²) < 4.78 is 20.5. The second-order valence-electron chi connectivity index (χ2n) is 4.69. The molecule has 0 rings (SSSR count). The molecule has 116 valence electrons. The number of hydrogen-bond donors (Lipinski definition) is 1. The molecule has 5 heteroatoms. The Bertz CT molecular complexity index is 141. The molecular formula is C14H32NO4+. The number of rotatable bonds is 15. The molecule has 0 aliphatic heterocycles. The topological polar surface area (TPSA) is 41.4 Å². The molecule has 0 aliphatic rings. The van der Waals surface area contributed by atoms with E-state index < -0.39 is 0 Å². The van der Waals surface area contributed by atoms with E-state index in [-0.39, 0.29) is 0 Å². The summed E-state index contributed by atoms with van der Waals surface area (Å²) in [6, 6.07) is 0. The van der Waals surface area contributed by atoms with Crippen LogP contribution in [0.5, 0.6) is 0 Å². The molecule has 0 aromatic carbocycles. The van der Waals surface area contributed by atoms with Crippen molar-refractivity contribution in [3.05, 3.63) is 0 Å². The standard InChI is InChI=1S/C14H31NO4/c1-4-5-6-7-8-15(9-11-18-13-16-2)10-12-19-14-17-3/h4-14H2,1-3H3/p+1. The van der Waals surface area contributed by atoms with Gasteiger partial charge in [0, 0.05) is 14.2 Å². The normalized spacial score (nSPS) is 11.4. The highest BCUT2D eigenvalue weighted by atomic mass is 16.7. The van der Waals surface area contributed by atoms with Gasteiger partial charge in [0.2, 0.25) is 0 Å². The van der Waals surface area contributed by atoms with Crippen LogP contribution in [0, 0.1) is 0 Å². The molecule has 0 bridgehead atoms. The lowest BCUT2D eigenvalue weighted by Crippen LogP contribution is -3.13. The summed E-state index contributed by atoms with van der Waals surface area (Å²) in [6.45, 7) is 7.67. The molecule has 0 heterocycles. The van der Waals surface area contributed by atoms with Crippen LogP contribution in [0.15, 0.2) is 0 Å². The molecule has 0 amide bonds. The number of quaternary nitrogens is 1. The van der Waals surface area contributed by atoms with Crippen LogP contribution in [0.4, 0.5) is 0 Å². The average Bonchev–Trinajstić information content (AvgIpc) is 2.43. The summed E-state index contributed by atoms with van der Waals surface area (Å²) >= 11 is 0. The fraction of sp³-hybridized carbons (Fsp3) is 1.00. The fourth-order valence-corrected chi connectivity index (χ4v) is 1.89. The molecule has 0 unspecified atom stereocenters. The van der Waals surface area contributed by atoms with Crippen molar-refractivity contribution >= 4 is 0 Å². The highest BCUT2D eigenvalue weighted by molar-refractivity contribution is 4.40. The molecule has 0 radical (unpaired) electrons. The Balaban J connectivity index is 3.66. The van der Waals surface area contributed by atoms with Crippen LogP contribution in [-0.4, -0.2) is 60.7 Å². The first-order valence-electron chi connectivity index (χ1n) is 7.32. The van der Waals surface area contributed by atoms with Gasteiger partial charge in [0.1, 0.15) is 26.7 Å². The van der Waals surface area contributed by atoms with Crippen LogP contribution in [-0.2, 0) is 18.9 Å². The first-order valence-corrected chi connectivity index (χ1v) is 7.32. The van der Waals surface area contributed by atoms with Crippen molar-refractivity contribution in [1.82, 2.24) is 0 Å². The molecule has 0 aromatic rings. The van der Waals surface area contributed by atoms with Crippen LogP contribution < -0.4 is 4.90 Å². The maximum Gasteiger partial charge on any atom is 0.146 e. The van der Waals surface area contributed by atoms with Gasteiger partial charge in [-0.05, 0) is 12.8 Å². The van der Waals surface area contributed by atoms with Gasteiger partial charge >= 0.3 is 0 Å². The largest absolute Gasteiger partial charge is 0.359 e. The van der Waals surface area contributed by atoms with Crippen LogP contribution in [0.2, 0.25) is 0 Å². The third-order valence-electron chi connectivity index (χ3n) is 2.99. The van der Waals surface area contributed by atoms with Gasteiger partial charge in [-0.2, -0.15) is 0 Å². The number of nitrogens with one attached hydrogen (secondary N) is 1. The van der Waals surface area contributed by atoms with E-state index >= 15 is 0 Å². The van der Waals surface area contributed by atoms with Gasteiger partial charge in [0.05, 0.1) is 19.8 Å². The molecule has 0 aromatic heterocycles. The molecule has 0 atom stereocenters. The third-order valence-corrected chi connectivity index (χ3v) is 2.99. The Labute approximate surface area is 118 Å². The van der Waals surface area contributed by atoms with Gasteiger partial charge in [-0.15, -0.1) is 0 Å². The second-order valence-corrected chi connectivity index (χ2v) is 4.69. The van der Waals surface area contributed by atoms with E-state index in [4.69, 9.17) is 18.9 Å². The van der Waals surface area contributed by atoms with Crippen molar-refractivity contribution < 1.29 is 23.8 Å². The number of hydrogen-bond acceptors (Lipinski definition) is 4.